The summed E-state index contributed by atoms with van der Waals surface area (Å²) >= 11 is 0. The van der Waals surface area contributed by atoms with Gasteiger partial charge in [0.25, 0.3) is 0 Å². The van der Waals surface area contributed by atoms with E-state index in [9.17, 15) is 30.3 Å². The first kappa shape index (κ1) is 66.9. The molecule has 1 saturated heterocycles. The zero-order chi connectivity index (χ0) is 50.8. The Balaban J connectivity index is 2.08. The van der Waals surface area contributed by atoms with Crippen LogP contribution in [-0.4, -0.2) is 87.5 Å². The Kier molecular flexibility index (Phi) is 49.2. The molecule has 0 radical (unpaired) electrons. The molecule has 9 heteroatoms. The predicted molar refractivity (Wildman–Crippen MR) is 295 cm³/mol. The molecule has 416 valence electrons. The normalized spacial score (nSPS) is 19.3. The Labute approximate surface area is 433 Å². The third-order valence-electron chi connectivity index (χ3n) is 15.1. The van der Waals surface area contributed by atoms with Gasteiger partial charge in [-0.05, 0) is 38.5 Å². The van der Waals surface area contributed by atoms with E-state index >= 15 is 0 Å². The van der Waals surface area contributed by atoms with Crippen molar-refractivity contribution in [2.24, 2.45) is 0 Å². The van der Waals surface area contributed by atoms with Gasteiger partial charge in [0, 0.05) is 6.42 Å². The van der Waals surface area contributed by atoms with E-state index in [1.807, 2.05) is 0 Å². The van der Waals surface area contributed by atoms with Crippen molar-refractivity contribution in [1.29, 1.82) is 0 Å². The van der Waals surface area contributed by atoms with Crippen LogP contribution in [-0.2, 0) is 14.3 Å². The molecule has 0 bridgehead atoms. The number of ether oxygens (including phenoxy) is 2. The summed E-state index contributed by atoms with van der Waals surface area (Å²) in [6.07, 6.45) is 57.0. The number of amides is 1. The molecular weight excluding hydrogens is 875 g/mol. The molecule has 7 unspecified atom stereocenters. The summed E-state index contributed by atoms with van der Waals surface area (Å²) < 4.78 is 11.3. The standard InChI is InChI=1S/C61H119NO8/c1-3-5-7-9-11-13-15-17-19-20-21-22-23-24-25-26-27-28-29-30-31-32-33-34-35-36-37-39-41-43-45-47-49-51-57(65)62-54(53-69-61-60(68)59(67)58(66)56(52-63)70-61)55(64)50-48-46-44-42-40-38-18-16-14-12-10-8-6-4-2/h24-25,54-56,58-61,63-64,66-68H,3-23,26-53H2,1-2H3,(H,62,65)/b25-24-. The molecule has 1 rings (SSSR count). The summed E-state index contributed by atoms with van der Waals surface area (Å²) in [5.74, 6) is -0.138. The maximum Gasteiger partial charge on any atom is 0.220 e. The highest BCUT2D eigenvalue weighted by Crippen LogP contribution is 2.23. The van der Waals surface area contributed by atoms with Crippen LogP contribution >= 0.6 is 0 Å². The summed E-state index contributed by atoms with van der Waals surface area (Å²) in [7, 11) is 0. The zero-order valence-corrected chi connectivity index (χ0v) is 46.3. The number of rotatable bonds is 54. The highest BCUT2D eigenvalue weighted by atomic mass is 16.7. The van der Waals surface area contributed by atoms with Crippen molar-refractivity contribution < 1.29 is 39.8 Å². The minimum absolute atomic E-state index is 0.133. The van der Waals surface area contributed by atoms with Gasteiger partial charge in [0.05, 0.1) is 25.4 Å². The summed E-state index contributed by atoms with van der Waals surface area (Å²) in [5, 5.41) is 54.6. The van der Waals surface area contributed by atoms with Crippen molar-refractivity contribution in [2.45, 2.75) is 358 Å². The molecule has 0 aromatic carbocycles. The topological polar surface area (TPSA) is 149 Å². The number of hydrogen-bond acceptors (Lipinski definition) is 8. The molecule has 70 heavy (non-hydrogen) atoms. The van der Waals surface area contributed by atoms with Crippen LogP contribution in [0, 0.1) is 0 Å². The molecule has 1 amide bonds. The largest absolute Gasteiger partial charge is 0.394 e. The van der Waals surface area contributed by atoms with E-state index < -0.39 is 49.5 Å². The second-order valence-electron chi connectivity index (χ2n) is 21.9. The minimum atomic E-state index is -1.55. The highest BCUT2D eigenvalue weighted by molar-refractivity contribution is 5.76. The number of nitrogens with one attached hydrogen (secondary N) is 1. The molecule has 0 aliphatic carbocycles. The van der Waals surface area contributed by atoms with Gasteiger partial charge in [-0.3, -0.25) is 4.79 Å². The average molecular weight is 995 g/mol. The van der Waals surface area contributed by atoms with Crippen LogP contribution < -0.4 is 5.32 Å². The van der Waals surface area contributed by atoms with E-state index in [1.54, 1.807) is 0 Å². The van der Waals surface area contributed by atoms with Crippen molar-refractivity contribution in [2.75, 3.05) is 13.2 Å². The molecular formula is C61H119NO8. The zero-order valence-electron chi connectivity index (χ0n) is 46.3. The molecule has 0 aromatic rings. The minimum Gasteiger partial charge on any atom is -0.394 e. The SMILES string of the molecule is CCCCCCCCCCCCCC/C=C\CCCCCCCCCCCCCCCCCCCC(=O)NC(COC1OC(CO)C(O)C(O)C1O)C(O)CCCCCCCCCCCCCCCC. The molecule has 0 aromatic heterocycles. The first-order valence-corrected chi connectivity index (χ1v) is 30.9. The molecule has 9 nitrogen and oxygen atoms in total. The van der Waals surface area contributed by atoms with Crippen molar-refractivity contribution >= 4 is 5.91 Å². The van der Waals surface area contributed by atoms with E-state index in [1.165, 1.54) is 250 Å². The molecule has 0 spiro atoms. The molecule has 1 heterocycles. The number of carbonyl (C=O) groups excluding carboxylic acids is 1. The van der Waals surface area contributed by atoms with Gasteiger partial charge in [-0.2, -0.15) is 0 Å². The van der Waals surface area contributed by atoms with Gasteiger partial charge in [-0.25, -0.2) is 0 Å². The lowest BCUT2D eigenvalue weighted by Crippen LogP contribution is -2.60. The van der Waals surface area contributed by atoms with Gasteiger partial charge < -0.3 is 40.3 Å². The van der Waals surface area contributed by atoms with Crippen LogP contribution in [0.2, 0.25) is 0 Å². The van der Waals surface area contributed by atoms with E-state index in [-0.39, 0.29) is 12.5 Å². The average Bonchev–Trinajstić information content (AvgIpc) is 3.36. The second-order valence-corrected chi connectivity index (χ2v) is 21.9. The Morgan fingerprint density at radius 1 is 0.471 bits per heavy atom. The van der Waals surface area contributed by atoms with Crippen molar-refractivity contribution in [1.82, 2.24) is 5.32 Å². The van der Waals surface area contributed by atoms with E-state index in [0.717, 1.165) is 38.5 Å². The Morgan fingerprint density at radius 3 is 1.16 bits per heavy atom. The highest BCUT2D eigenvalue weighted by Gasteiger charge is 2.44. The number of allylic oxidation sites excluding steroid dienone is 2. The number of unbranched alkanes of at least 4 members (excludes halogenated alkanes) is 42. The van der Waals surface area contributed by atoms with Crippen molar-refractivity contribution in [3.63, 3.8) is 0 Å². The molecule has 1 fully saturated rings. The van der Waals surface area contributed by atoms with Gasteiger partial charge in [-0.1, -0.05) is 283 Å². The van der Waals surface area contributed by atoms with Crippen LogP contribution in [0.25, 0.3) is 0 Å². The summed E-state index contributed by atoms with van der Waals surface area (Å²) in [4.78, 5) is 13.1. The van der Waals surface area contributed by atoms with Gasteiger partial charge in [0.15, 0.2) is 6.29 Å². The third kappa shape index (κ3) is 40.3. The fraction of sp³-hybridized carbons (Fsp3) is 0.951. The second kappa shape index (κ2) is 51.4. The lowest BCUT2D eigenvalue weighted by molar-refractivity contribution is -0.302. The lowest BCUT2D eigenvalue weighted by atomic mass is 9.99. The van der Waals surface area contributed by atoms with Crippen LogP contribution in [0.15, 0.2) is 12.2 Å². The summed E-state index contributed by atoms with van der Waals surface area (Å²) in [6, 6.07) is -0.715. The van der Waals surface area contributed by atoms with Crippen molar-refractivity contribution in [3.05, 3.63) is 12.2 Å². The fourth-order valence-electron chi connectivity index (χ4n) is 10.2. The number of aliphatic hydroxyl groups excluding tert-OH is 5. The molecule has 6 N–H and O–H groups in total. The van der Waals surface area contributed by atoms with E-state index in [4.69, 9.17) is 9.47 Å². The smallest absolute Gasteiger partial charge is 0.220 e. The quantitative estimate of drug-likeness (QED) is 0.0261. The van der Waals surface area contributed by atoms with Crippen LogP contribution in [0.3, 0.4) is 0 Å². The van der Waals surface area contributed by atoms with Crippen molar-refractivity contribution in [3.8, 4) is 0 Å². The van der Waals surface area contributed by atoms with Gasteiger partial charge >= 0.3 is 0 Å². The summed E-state index contributed by atoms with van der Waals surface area (Å²) in [6.45, 7) is 3.87. The van der Waals surface area contributed by atoms with Crippen LogP contribution in [0.1, 0.15) is 316 Å². The van der Waals surface area contributed by atoms with Gasteiger partial charge in [0.2, 0.25) is 5.91 Å². The predicted octanol–water partition coefficient (Wildman–Crippen LogP) is 15.6. The van der Waals surface area contributed by atoms with E-state index in [2.05, 4.69) is 31.3 Å². The molecule has 7 atom stereocenters. The molecule has 0 saturated carbocycles. The fourth-order valence-corrected chi connectivity index (χ4v) is 10.2. The van der Waals surface area contributed by atoms with Crippen LogP contribution in [0.5, 0.6) is 0 Å². The molecule has 1 aliphatic rings. The maximum atomic E-state index is 13.1. The summed E-state index contributed by atoms with van der Waals surface area (Å²) in [5.41, 5.74) is 0. The van der Waals surface area contributed by atoms with Gasteiger partial charge in [-0.15, -0.1) is 0 Å². The van der Waals surface area contributed by atoms with Gasteiger partial charge in [0.1, 0.15) is 24.4 Å². The molecule has 1 aliphatic heterocycles. The Morgan fingerprint density at radius 2 is 0.800 bits per heavy atom. The first-order chi connectivity index (χ1) is 34.3. The monoisotopic (exact) mass is 994 g/mol. The lowest BCUT2D eigenvalue weighted by Gasteiger charge is -2.40. The number of carbonyl (C=O) groups is 1. The number of hydrogen-bond donors (Lipinski definition) is 6. The Bertz CT molecular complexity index is 1110. The number of aliphatic hydroxyl groups is 5. The first-order valence-electron chi connectivity index (χ1n) is 30.9. The third-order valence-corrected chi connectivity index (χ3v) is 15.1. The maximum absolute atomic E-state index is 13.1. The Hall–Kier alpha value is -1.07. The van der Waals surface area contributed by atoms with Crippen LogP contribution in [0.4, 0.5) is 0 Å². The van der Waals surface area contributed by atoms with E-state index in [0.29, 0.717) is 12.8 Å².